The summed E-state index contributed by atoms with van der Waals surface area (Å²) in [7, 11) is 0. The highest BCUT2D eigenvalue weighted by Gasteiger charge is 2.37. The van der Waals surface area contributed by atoms with Crippen molar-refractivity contribution in [2.45, 2.75) is 76.7 Å². The van der Waals surface area contributed by atoms with Crippen molar-refractivity contribution >= 4 is 0 Å². The van der Waals surface area contributed by atoms with Gasteiger partial charge >= 0.3 is 0 Å². The van der Waals surface area contributed by atoms with Crippen molar-refractivity contribution in [3.05, 3.63) is 35.9 Å². The lowest BCUT2D eigenvalue weighted by atomic mass is 9.71. The second-order valence-corrected chi connectivity index (χ2v) is 7.54. The molecule has 1 aromatic carbocycles. The third kappa shape index (κ3) is 3.88. The second kappa shape index (κ2) is 6.96. The van der Waals surface area contributed by atoms with Crippen LogP contribution >= 0.6 is 0 Å². The molecular weight excluding hydrogens is 254 g/mol. The third-order valence-electron chi connectivity index (χ3n) is 6.09. The van der Waals surface area contributed by atoms with E-state index in [4.69, 9.17) is 0 Å². The molecule has 0 saturated heterocycles. The van der Waals surface area contributed by atoms with E-state index >= 15 is 0 Å². The van der Waals surface area contributed by atoms with Gasteiger partial charge in [-0.05, 0) is 68.4 Å². The maximum absolute atomic E-state index is 3.83. The van der Waals surface area contributed by atoms with Gasteiger partial charge in [-0.3, -0.25) is 0 Å². The van der Waals surface area contributed by atoms with E-state index in [0.29, 0.717) is 5.92 Å². The predicted octanol–water partition coefficient (Wildman–Crippen LogP) is 5.27. The Morgan fingerprint density at radius 3 is 2.38 bits per heavy atom. The Morgan fingerprint density at radius 1 is 1.05 bits per heavy atom. The summed E-state index contributed by atoms with van der Waals surface area (Å²) in [6.07, 6.45) is 13.1. The largest absolute Gasteiger partial charge is 0.314 e. The van der Waals surface area contributed by atoms with Crippen LogP contribution in [0.5, 0.6) is 0 Å². The van der Waals surface area contributed by atoms with Gasteiger partial charge in [0.25, 0.3) is 0 Å². The molecule has 21 heavy (non-hydrogen) atoms. The fourth-order valence-corrected chi connectivity index (χ4v) is 4.51. The number of benzene rings is 1. The Hall–Kier alpha value is -0.820. The summed E-state index contributed by atoms with van der Waals surface area (Å²) in [5.74, 6) is 0.670. The van der Waals surface area contributed by atoms with Gasteiger partial charge in [0, 0.05) is 6.04 Å². The van der Waals surface area contributed by atoms with Gasteiger partial charge in [-0.2, -0.15) is 0 Å². The second-order valence-electron chi connectivity index (χ2n) is 7.54. The van der Waals surface area contributed by atoms with Crippen LogP contribution in [0.3, 0.4) is 0 Å². The van der Waals surface area contributed by atoms with Gasteiger partial charge in [-0.25, -0.2) is 0 Å². The monoisotopic (exact) mass is 285 g/mol. The molecule has 1 unspecified atom stereocenters. The first-order valence-corrected chi connectivity index (χ1v) is 9.06. The fraction of sp³-hybridized carbons (Fsp3) is 0.700. The minimum absolute atomic E-state index is 0.670. The molecule has 0 aliphatic heterocycles. The van der Waals surface area contributed by atoms with Crippen LogP contribution in [0.1, 0.15) is 76.2 Å². The summed E-state index contributed by atoms with van der Waals surface area (Å²) in [4.78, 5) is 0. The van der Waals surface area contributed by atoms with Crippen molar-refractivity contribution in [2.75, 3.05) is 6.54 Å². The molecule has 2 aliphatic carbocycles. The van der Waals surface area contributed by atoms with Crippen LogP contribution < -0.4 is 5.32 Å². The van der Waals surface area contributed by atoms with Crippen LogP contribution in [0.25, 0.3) is 0 Å². The van der Waals surface area contributed by atoms with E-state index in [1.54, 1.807) is 0 Å². The van der Waals surface area contributed by atoms with Gasteiger partial charge in [0.05, 0.1) is 0 Å². The van der Waals surface area contributed by atoms with E-state index in [2.05, 4.69) is 42.6 Å². The summed E-state index contributed by atoms with van der Waals surface area (Å²) < 4.78 is 0. The SMILES string of the molecule is CC(CCNC1CCC2(CCCC2)CC1)c1ccccc1. The molecule has 3 rings (SSSR count). The first kappa shape index (κ1) is 15.1. The minimum atomic E-state index is 0.670. The molecule has 2 fully saturated rings. The van der Waals surface area contributed by atoms with Crippen LogP contribution in [0.2, 0.25) is 0 Å². The van der Waals surface area contributed by atoms with E-state index in [1.165, 1.54) is 69.9 Å². The number of hydrogen-bond donors (Lipinski definition) is 1. The molecular formula is C20H31N. The molecule has 0 heterocycles. The fourth-order valence-electron chi connectivity index (χ4n) is 4.51. The van der Waals surface area contributed by atoms with Crippen molar-refractivity contribution < 1.29 is 0 Å². The highest BCUT2D eigenvalue weighted by atomic mass is 14.9. The molecule has 1 N–H and O–H groups in total. The first-order chi connectivity index (χ1) is 10.3. The van der Waals surface area contributed by atoms with Crippen LogP contribution in [-0.4, -0.2) is 12.6 Å². The van der Waals surface area contributed by atoms with Gasteiger partial charge in [-0.15, -0.1) is 0 Å². The van der Waals surface area contributed by atoms with Gasteiger partial charge in [0.1, 0.15) is 0 Å². The topological polar surface area (TPSA) is 12.0 Å². The van der Waals surface area contributed by atoms with Crippen LogP contribution in [0.4, 0.5) is 0 Å². The van der Waals surface area contributed by atoms with Crippen LogP contribution in [0.15, 0.2) is 30.3 Å². The Morgan fingerprint density at radius 2 is 1.71 bits per heavy atom. The summed E-state index contributed by atoms with van der Waals surface area (Å²) >= 11 is 0. The molecule has 0 radical (unpaired) electrons. The zero-order chi connectivity index (χ0) is 14.5. The molecule has 1 spiro atoms. The molecule has 0 aromatic heterocycles. The smallest absolute Gasteiger partial charge is 0.00674 e. The van der Waals surface area contributed by atoms with Gasteiger partial charge < -0.3 is 5.32 Å². The van der Waals surface area contributed by atoms with Crippen molar-refractivity contribution in [3.8, 4) is 0 Å². The first-order valence-electron chi connectivity index (χ1n) is 9.06. The summed E-state index contributed by atoms with van der Waals surface area (Å²) in [6.45, 7) is 3.53. The molecule has 2 aliphatic rings. The zero-order valence-corrected chi connectivity index (χ0v) is 13.6. The van der Waals surface area contributed by atoms with Crippen LogP contribution in [-0.2, 0) is 0 Å². The average molecular weight is 285 g/mol. The Bertz CT molecular complexity index is 409. The quantitative estimate of drug-likeness (QED) is 0.777. The van der Waals surface area contributed by atoms with Crippen molar-refractivity contribution in [2.24, 2.45) is 5.41 Å². The lowest BCUT2D eigenvalue weighted by Gasteiger charge is -2.37. The Balaban J connectivity index is 1.37. The van der Waals surface area contributed by atoms with Crippen molar-refractivity contribution in [1.29, 1.82) is 0 Å². The molecule has 0 amide bonds. The predicted molar refractivity (Wildman–Crippen MR) is 90.6 cm³/mol. The summed E-state index contributed by atoms with van der Waals surface area (Å²) in [5.41, 5.74) is 2.25. The molecule has 1 nitrogen and oxygen atoms in total. The molecule has 1 atom stereocenters. The summed E-state index contributed by atoms with van der Waals surface area (Å²) in [5, 5.41) is 3.83. The van der Waals surface area contributed by atoms with E-state index in [9.17, 15) is 0 Å². The summed E-state index contributed by atoms with van der Waals surface area (Å²) in [6, 6.07) is 11.7. The van der Waals surface area contributed by atoms with E-state index in [1.807, 2.05) is 0 Å². The van der Waals surface area contributed by atoms with Crippen LogP contribution in [0, 0.1) is 5.41 Å². The van der Waals surface area contributed by atoms with Gasteiger partial charge in [0.2, 0.25) is 0 Å². The highest BCUT2D eigenvalue weighted by Crippen LogP contribution is 2.48. The van der Waals surface area contributed by atoms with Crippen molar-refractivity contribution in [1.82, 2.24) is 5.32 Å². The van der Waals surface area contributed by atoms with E-state index < -0.39 is 0 Å². The standard InChI is InChI=1S/C20H31N/c1-17(18-7-3-2-4-8-18)11-16-21-19-9-14-20(15-10-19)12-5-6-13-20/h2-4,7-8,17,19,21H,5-6,9-16H2,1H3. The lowest BCUT2D eigenvalue weighted by molar-refractivity contribution is 0.168. The third-order valence-corrected chi connectivity index (χ3v) is 6.09. The minimum Gasteiger partial charge on any atom is -0.314 e. The molecule has 1 aromatic rings. The Kier molecular flexibility index (Phi) is 5.00. The van der Waals surface area contributed by atoms with Crippen molar-refractivity contribution in [3.63, 3.8) is 0 Å². The maximum Gasteiger partial charge on any atom is 0.00674 e. The van der Waals surface area contributed by atoms with E-state index in [-0.39, 0.29) is 0 Å². The number of rotatable bonds is 5. The average Bonchev–Trinajstić information content (AvgIpc) is 2.98. The number of hydrogen-bond acceptors (Lipinski definition) is 1. The zero-order valence-electron chi connectivity index (χ0n) is 13.6. The van der Waals surface area contributed by atoms with Gasteiger partial charge in [-0.1, -0.05) is 50.1 Å². The normalized spacial score (nSPS) is 23.5. The highest BCUT2D eigenvalue weighted by molar-refractivity contribution is 5.18. The Labute approximate surface area is 130 Å². The molecule has 116 valence electrons. The van der Waals surface area contributed by atoms with Gasteiger partial charge in [0.15, 0.2) is 0 Å². The maximum atomic E-state index is 3.83. The number of nitrogens with one attached hydrogen (secondary N) is 1. The molecule has 1 heteroatoms. The lowest BCUT2D eigenvalue weighted by Crippen LogP contribution is -2.37. The molecule has 0 bridgehead atoms. The van der Waals surface area contributed by atoms with E-state index in [0.717, 1.165) is 11.5 Å². The molecule has 2 saturated carbocycles.